The number of carbonyl (C=O) groups excluding carboxylic acids is 1. The first-order chi connectivity index (χ1) is 8.21. The van der Waals surface area contributed by atoms with Crippen molar-refractivity contribution in [3.05, 3.63) is 35.4 Å². The standard InChI is InChI=1S/C17H26O/c1-12(2)16(13(3)18)11-14-7-9-15(10-8-14)17(4,5)6/h7-10,12,16H,11H2,1-6H3. The van der Waals surface area contributed by atoms with Crippen LogP contribution < -0.4 is 0 Å². The fourth-order valence-corrected chi connectivity index (χ4v) is 2.24. The van der Waals surface area contributed by atoms with E-state index in [0.29, 0.717) is 11.7 Å². The Morgan fingerprint density at radius 1 is 1.11 bits per heavy atom. The van der Waals surface area contributed by atoms with Crippen LogP contribution in [0.5, 0.6) is 0 Å². The van der Waals surface area contributed by atoms with E-state index in [4.69, 9.17) is 0 Å². The van der Waals surface area contributed by atoms with Gasteiger partial charge < -0.3 is 0 Å². The molecule has 0 amide bonds. The SMILES string of the molecule is CC(=O)C(Cc1ccc(C(C)(C)C)cc1)C(C)C. The van der Waals surface area contributed by atoms with E-state index in [2.05, 4.69) is 58.9 Å². The molecule has 0 bridgehead atoms. The lowest BCUT2D eigenvalue weighted by atomic mass is 9.83. The van der Waals surface area contributed by atoms with Crippen LogP contribution in [-0.2, 0) is 16.6 Å². The van der Waals surface area contributed by atoms with E-state index in [1.165, 1.54) is 11.1 Å². The van der Waals surface area contributed by atoms with E-state index in [1.54, 1.807) is 6.92 Å². The first kappa shape index (κ1) is 14.9. The Bertz CT molecular complexity index is 393. The largest absolute Gasteiger partial charge is 0.300 e. The smallest absolute Gasteiger partial charge is 0.133 e. The molecule has 0 aliphatic carbocycles. The molecule has 0 heterocycles. The maximum atomic E-state index is 11.6. The predicted octanol–water partition coefficient (Wildman–Crippen LogP) is 4.39. The highest BCUT2D eigenvalue weighted by molar-refractivity contribution is 5.78. The Hall–Kier alpha value is -1.11. The molecule has 1 unspecified atom stereocenters. The third kappa shape index (κ3) is 3.97. The maximum Gasteiger partial charge on any atom is 0.133 e. The van der Waals surface area contributed by atoms with E-state index in [0.717, 1.165) is 6.42 Å². The first-order valence-electron chi connectivity index (χ1n) is 6.81. The van der Waals surface area contributed by atoms with Crippen LogP contribution in [0.1, 0.15) is 52.7 Å². The third-order valence-electron chi connectivity index (χ3n) is 3.60. The summed E-state index contributed by atoms with van der Waals surface area (Å²) in [6.07, 6.45) is 0.859. The van der Waals surface area contributed by atoms with Crippen LogP contribution in [0.15, 0.2) is 24.3 Å². The summed E-state index contributed by atoms with van der Waals surface area (Å²) in [4.78, 5) is 11.6. The number of carbonyl (C=O) groups is 1. The van der Waals surface area contributed by atoms with Crippen LogP contribution in [0, 0.1) is 11.8 Å². The van der Waals surface area contributed by atoms with Crippen LogP contribution in [-0.4, -0.2) is 5.78 Å². The number of benzene rings is 1. The lowest BCUT2D eigenvalue weighted by Gasteiger charge is -2.21. The number of ketones is 1. The highest BCUT2D eigenvalue weighted by Gasteiger charge is 2.19. The molecule has 0 aromatic heterocycles. The Labute approximate surface area is 112 Å². The summed E-state index contributed by atoms with van der Waals surface area (Å²) in [7, 11) is 0. The van der Waals surface area contributed by atoms with Gasteiger partial charge in [0.2, 0.25) is 0 Å². The Kier molecular flexibility index (Phi) is 4.72. The molecular weight excluding hydrogens is 220 g/mol. The molecule has 0 fully saturated rings. The molecule has 0 radical (unpaired) electrons. The second-order valence-electron chi connectivity index (χ2n) is 6.61. The van der Waals surface area contributed by atoms with E-state index in [1.807, 2.05) is 0 Å². The molecule has 100 valence electrons. The summed E-state index contributed by atoms with van der Waals surface area (Å²) in [5.74, 6) is 0.847. The topological polar surface area (TPSA) is 17.1 Å². The van der Waals surface area contributed by atoms with Crippen molar-refractivity contribution >= 4 is 5.78 Å². The summed E-state index contributed by atoms with van der Waals surface area (Å²) in [6.45, 7) is 12.6. The first-order valence-corrected chi connectivity index (χ1v) is 6.81. The van der Waals surface area contributed by atoms with Crippen molar-refractivity contribution in [1.29, 1.82) is 0 Å². The van der Waals surface area contributed by atoms with E-state index in [9.17, 15) is 4.79 Å². The molecule has 1 aromatic carbocycles. The van der Waals surface area contributed by atoms with E-state index >= 15 is 0 Å². The number of hydrogen-bond donors (Lipinski definition) is 0. The van der Waals surface area contributed by atoms with Gasteiger partial charge in [-0.05, 0) is 35.8 Å². The second-order valence-corrected chi connectivity index (χ2v) is 6.61. The third-order valence-corrected chi connectivity index (χ3v) is 3.60. The normalized spacial score (nSPS) is 13.7. The van der Waals surface area contributed by atoms with Crippen molar-refractivity contribution in [2.75, 3.05) is 0 Å². The molecule has 1 nitrogen and oxygen atoms in total. The maximum absolute atomic E-state index is 11.6. The van der Waals surface area contributed by atoms with Gasteiger partial charge >= 0.3 is 0 Å². The van der Waals surface area contributed by atoms with Gasteiger partial charge in [0.15, 0.2) is 0 Å². The van der Waals surface area contributed by atoms with Gasteiger partial charge in [-0.1, -0.05) is 58.9 Å². The number of Topliss-reactive ketones (excluding diaryl/α,β-unsaturated/α-hetero) is 1. The van der Waals surface area contributed by atoms with E-state index < -0.39 is 0 Å². The highest BCUT2D eigenvalue weighted by atomic mass is 16.1. The van der Waals surface area contributed by atoms with Gasteiger partial charge in [0.25, 0.3) is 0 Å². The fraction of sp³-hybridized carbons (Fsp3) is 0.588. The Balaban J connectivity index is 2.83. The van der Waals surface area contributed by atoms with Gasteiger partial charge in [-0.25, -0.2) is 0 Å². The summed E-state index contributed by atoms with van der Waals surface area (Å²) in [5.41, 5.74) is 2.79. The van der Waals surface area contributed by atoms with Gasteiger partial charge in [-0.3, -0.25) is 4.79 Å². The molecule has 0 saturated heterocycles. The predicted molar refractivity (Wildman–Crippen MR) is 77.9 cm³/mol. The average molecular weight is 246 g/mol. The van der Waals surface area contributed by atoms with Crippen LogP contribution in [0.2, 0.25) is 0 Å². The number of hydrogen-bond acceptors (Lipinski definition) is 1. The zero-order chi connectivity index (χ0) is 13.9. The van der Waals surface area contributed by atoms with E-state index in [-0.39, 0.29) is 11.3 Å². The molecule has 0 saturated carbocycles. The molecule has 0 N–H and O–H groups in total. The second kappa shape index (κ2) is 5.69. The zero-order valence-corrected chi connectivity index (χ0v) is 12.6. The Morgan fingerprint density at radius 3 is 1.94 bits per heavy atom. The Morgan fingerprint density at radius 2 is 1.61 bits per heavy atom. The zero-order valence-electron chi connectivity index (χ0n) is 12.6. The summed E-state index contributed by atoms with van der Waals surface area (Å²) >= 11 is 0. The van der Waals surface area contributed by atoms with Gasteiger partial charge in [0.05, 0.1) is 0 Å². The van der Waals surface area contributed by atoms with Crippen LogP contribution in [0.3, 0.4) is 0 Å². The van der Waals surface area contributed by atoms with Crippen molar-refractivity contribution in [2.45, 2.75) is 53.4 Å². The summed E-state index contributed by atoms with van der Waals surface area (Å²) in [5, 5.41) is 0. The molecule has 0 spiro atoms. The minimum atomic E-state index is 0.144. The van der Waals surface area contributed by atoms with Crippen molar-refractivity contribution in [3.63, 3.8) is 0 Å². The molecule has 1 rings (SSSR count). The van der Waals surface area contributed by atoms with Gasteiger partial charge in [0.1, 0.15) is 5.78 Å². The molecule has 1 aromatic rings. The molecular formula is C17H26O. The number of rotatable bonds is 4. The molecule has 0 aliphatic rings. The van der Waals surface area contributed by atoms with Crippen LogP contribution in [0.25, 0.3) is 0 Å². The van der Waals surface area contributed by atoms with Crippen molar-refractivity contribution < 1.29 is 4.79 Å². The fourth-order valence-electron chi connectivity index (χ4n) is 2.24. The molecule has 1 atom stereocenters. The minimum Gasteiger partial charge on any atom is -0.300 e. The lowest BCUT2D eigenvalue weighted by Crippen LogP contribution is -2.20. The van der Waals surface area contributed by atoms with Crippen LogP contribution in [0.4, 0.5) is 0 Å². The van der Waals surface area contributed by atoms with Crippen LogP contribution >= 0.6 is 0 Å². The van der Waals surface area contributed by atoms with Crippen molar-refractivity contribution in [2.24, 2.45) is 11.8 Å². The van der Waals surface area contributed by atoms with Gasteiger partial charge in [-0.15, -0.1) is 0 Å². The molecule has 0 aliphatic heterocycles. The van der Waals surface area contributed by atoms with Crippen molar-refractivity contribution in [1.82, 2.24) is 0 Å². The minimum absolute atomic E-state index is 0.144. The summed E-state index contributed by atoms with van der Waals surface area (Å²) in [6, 6.07) is 8.71. The highest BCUT2D eigenvalue weighted by Crippen LogP contribution is 2.24. The molecule has 18 heavy (non-hydrogen) atoms. The monoisotopic (exact) mass is 246 g/mol. The lowest BCUT2D eigenvalue weighted by molar-refractivity contribution is -0.121. The molecule has 1 heteroatoms. The average Bonchev–Trinajstić information content (AvgIpc) is 2.24. The summed E-state index contributed by atoms with van der Waals surface area (Å²) < 4.78 is 0. The van der Waals surface area contributed by atoms with Gasteiger partial charge in [-0.2, -0.15) is 0 Å². The quantitative estimate of drug-likeness (QED) is 0.770. The van der Waals surface area contributed by atoms with Crippen molar-refractivity contribution in [3.8, 4) is 0 Å². The van der Waals surface area contributed by atoms with Gasteiger partial charge in [0, 0.05) is 5.92 Å².